The van der Waals surface area contributed by atoms with Gasteiger partial charge >= 0.3 is 0 Å². The number of benzene rings is 1. The molecule has 0 aliphatic carbocycles. The molecule has 0 aromatic heterocycles. The maximum Gasteiger partial charge on any atom is 0.243 e. The van der Waals surface area contributed by atoms with Gasteiger partial charge in [0, 0.05) is 37.8 Å². The maximum atomic E-state index is 12.9. The van der Waals surface area contributed by atoms with Gasteiger partial charge in [-0.15, -0.1) is 0 Å². The molecule has 4 rings (SSSR count). The molecule has 3 aliphatic rings. The van der Waals surface area contributed by atoms with Gasteiger partial charge in [0.2, 0.25) is 5.91 Å². The minimum atomic E-state index is -0.250. The van der Waals surface area contributed by atoms with E-state index >= 15 is 0 Å². The van der Waals surface area contributed by atoms with Crippen molar-refractivity contribution in [2.45, 2.75) is 18.9 Å². The summed E-state index contributed by atoms with van der Waals surface area (Å²) in [5.74, 6) is 0.902. The number of amides is 1. The van der Waals surface area contributed by atoms with Crippen molar-refractivity contribution in [3.8, 4) is 5.75 Å². The van der Waals surface area contributed by atoms with E-state index in [-0.39, 0.29) is 11.7 Å². The van der Waals surface area contributed by atoms with Gasteiger partial charge in [-0.3, -0.25) is 4.79 Å². The monoisotopic (exact) mass is 357 g/mol. The summed E-state index contributed by atoms with van der Waals surface area (Å²) in [6.45, 7) is 8.31. The SMILES string of the molecule is C=C1C2=CNC(=O)CN2[C@H]2CCN(CCCOc3ccc(F)cc3)C[C@@H]12. The van der Waals surface area contributed by atoms with Crippen LogP contribution in [0.15, 0.2) is 48.3 Å². The van der Waals surface area contributed by atoms with Crippen LogP contribution in [0.25, 0.3) is 0 Å². The summed E-state index contributed by atoms with van der Waals surface area (Å²) in [6.07, 6.45) is 3.79. The van der Waals surface area contributed by atoms with Crippen molar-refractivity contribution < 1.29 is 13.9 Å². The average molecular weight is 357 g/mol. The summed E-state index contributed by atoms with van der Waals surface area (Å²) in [5.41, 5.74) is 2.24. The van der Waals surface area contributed by atoms with Gasteiger partial charge in [0.25, 0.3) is 0 Å². The fraction of sp³-hybridized carbons (Fsp3) is 0.450. The third-order valence-electron chi connectivity index (χ3n) is 5.53. The number of carbonyl (C=O) groups is 1. The molecule has 0 bridgehead atoms. The van der Waals surface area contributed by atoms with Crippen molar-refractivity contribution in [2.75, 3.05) is 32.8 Å². The van der Waals surface area contributed by atoms with Gasteiger partial charge in [-0.2, -0.15) is 0 Å². The van der Waals surface area contributed by atoms with Gasteiger partial charge < -0.3 is 19.9 Å². The number of carbonyl (C=O) groups excluding carboxylic acids is 1. The Morgan fingerprint density at radius 1 is 1.31 bits per heavy atom. The first-order valence-corrected chi connectivity index (χ1v) is 9.18. The van der Waals surface area contributed by atoms with E-state index in [1.165, 1.54) is 12.1 Å². The van der Waals surface area contributed by atoms with E-state index in [1.807, 2.05) is 6.20 Å². The topological polar surface area (TPSA) is 44.8 Å². The second-order valence-corrected chi connectivity index (χ2v) is 7.17. The summed E-state index contributed by atoms with van der Waals surface area (Å²) in [4.78, 5) is 16.4. The highest BCUT2D eigenvalue weighted by Gasteiger charge is 2.44. The van der Waals surface area contributed by atoms with Gasteiger partial charge in [-0.25, -0.2) is 4.39 Å². The first-order chi connectivity index (χ1) is 12.6. The van der Waals surface area contributed by atoms with Crippen LogP contribution in [-0.2, 0) is 4.79 Å². The molecule has 1 aromatic carbocycles. The van der Waals surface area contributed by atoms with Crippen molar-refractivity contribution in [1.82, 2.24) is 15.1 Å². The number of allylic oxidation sites excluding steroid dienone is 1. The molecule has 1 aromatic rings. The normalized spacial score (nSPS) is 25.4. The van der Waals surface area contributed by atoms with Crippen molar-refractivity contribution in [1.29, 1.82) is 0 Å². The molecule has 2 fully saturated rings. The first kappa shape index (κ1) is 17.1. The molecule has 0 spiro atoms. The number of piperidine rings is 1. The molecule has 1 N–H and O–H groups in total. The first-order valence-electron chi connectivity index (χ1n) is 9.18. The fourth-order valence-corrected chi connectivity index (χ4v) is 4.22. The van der Waals surface area contributed by atoms with Crippen LogP contribution < -0.4 is 10.1 Å². The maximum absolute atomic E-state index is 12.9. The predicted octanol–water partition coefficient (Wildman–Crippen LogP) is 2.13. The summed E-state index contributed by atoms with van der Waals surface area (Å²) in [5, 5.41) is 2.81. The Balaban J connectivity index is 1.27. The Bertz CT molecular complexity index is 731. The summed E-state index contributed by atoms with van der Waals surface area (Å²) in [6, 6.07) is 6.53. The number of fused-ring (bicyclic) bond motifs is 3. The molecule has 1 amide bonds. The van der Waals surface area contributed by atoms with Crippen LogP contribution in [0.5, 0.6) is 5.75 Å². The molecule has 138 valence electrons. The van der Waals surface area contributed by atoms with Crippen molar-refractivity contribution in [3.63, 3.8) is 0 Å². The summed E-state index contributed by atoms with van der Waals surface area (Å²) in [7, 11) is 0. The highest BCUT2D eigenvalue weighted by atomic mass is 19.1. The molecule has 3 aliphatic heterocycles. The summed E-state index contributed by atoms with van der Waals surface area (Å²) < 4.78 is 18.6. The molecule has 0 radical (unpaired) electrons. The average Bonchev–Trinajstić information content (AvgIpc) is 2.92. The number of nitrogens with one attached hydrogen (secondary N) is 1. The zero-order valence-electron chi connectivity index (χ0n) is 14.8. The van der Waals surface area contributed by atoms with Crippen LogP contribution in [0.1, 0.15) is 12.8 Å². The second-order valence-electron chi connectivity index (χ2n) is 7.17. The quantitative estimate of drug-likeness (QED) is 0.820. The number of hydrogen-bond acceptors (Lipinski definition) is 4. The second kappa shape index (κ2) is 7.11. The van der Waals surface area contributed by atoms with Crippen molar-refractivity contribution in [3.05, 3.63) is 54.1 Å². The van der Waals surface area contributed by atoms with Crippen LogP contribution in [0.4, 0.5) is 4.39 Å². The molecular formula is C20H24FN3O2. The molecule has 2 atom stereocenters. The Morgan fingerprint density at radius 2 is 2.12 bits per heavy atom. The van der Waals surface area contributed by atoms with E-state index in [0.29, 0.717) is 30.9 Å². The highest BCUT2D eigenvalue weighted by Crippen LogP contribution is 2.41. The Morgan fingerprint density at radius 3 is 2.92 bits per heavy atom. The van der Waals surface area contributed by atoms with E-state index in [4.69, 9.17) is 4.74 Å². The van der Waals surface area contributed by atoms with E-state index in [1.54, 1.807) is 12.1 Å². The van der Waals surface area contributed by atoms with Gasteiger partial charge in [0.05, 0.1) is 18.8 Å². The van der Waals surface area contributed by atoms with E-state index in [9.17, 15) is 9.18 Å². The zero-order chi connectivity index (χ0) is 18.1. The van der Waals surface area contributed by atoms with Crippen LogP contribution in [0, 0.1) is 11.7 Å². The number of likely N-dealkylation sites (tertiary alicyclic amines) is 1. The van der Waals surface area contributed by atoms with Crippen molar-refractivity contribution in [2.24, 2.45) is 5.92 Å². The van der Waals surface area contributed by atoms with Gasteiger partial charge in [0.1, 0.15) is 11.6 Å². The number of nitrogens with zero attached hydrogens (tertiary/aromatic N) is 2. The third-order valence-corrected chi connectivity index (χ3v) is 5.53. The largest absolute Gasteiger partial charge is 0.494 e. The Hall–Kier alpha value is -2.34. The molecule has 26 heavy (non-hydrogen) atoms. The molecule has 5 nitrogen and oxygen atoms in total. The third kappa shape index (κ3) is 3.33. The lowest BCUT2D eigenvalue weighted by atomic mass is 9.90. The number of halogens is 1. The lowest BCUT2D eigenvalue weighted by Gasteiger charge is -2.38. The van der Waals surface area contributed by atoms with Crippen LogP contribution in [0.3, 0.4) is 0 Å². The lowest BCUT2D eigenvalue weighted by molar-refractivity contribution is -0.122. The summed E-state index contributed by atoms with van der Waals surface area (Å²) >= 11 is 0. The number of ether oxygens (including phenoxy) is 1. The minimum Gasteiger partial charge on any atom is -0.494 e. The molecular weight excluding hydrogens is 333 g/mol. The van der Waals surface area contributed by atoms with E-state index in [0.717, 1.165) is 43.7 Å². The molecule has 0 saturated carbocycles. The Kier molecular flexibility index (Phi) is 4.68. The van der Waals surface area contributed by atoms with Gasteiger partial charge in [-0.05, 0) is 42.7 Å². The molecule has 3 heterocycles. The zero-order valence-corrected chi connectivity index (χ0v) is 14.8. The molecule has 6 heteroatoms. The Labute approximate surface area is 153 Å². The smallest absolute Gasteiger partial charge is 0.243 e. The molecule has 0 unspecified atom stereocenters. The van der Waals surface area contributed by atoms with Crippen LogP contribution in [-0.4, -0.2) is 54.5 Å². The lowest BCUT2D eigenvalue weighted by Crippen LogP contribution is -2.49. The molecule has 2 saturated heterocycles. The number of hydrogen-bond donors (Lipinski definition) is 1. The standard InChI is InChI=1S/C20H24FN3O2/c1-14-17-12-23(8-2-10-26-16-5-3-15(21)4-6-16)9-7-18(17)24-13-20(25)22-11-19(14)24/h3-6,11,17-18H,1-2,7-10,12-13H2,(H,22,25)/t17-,18-/m0/s1. The number of rotatable bonds is 5. The highest BCUT2D eigenvalue weighted by molar-refractivity contribution is 5.81. The van der Waals surface area contributed by atoms with Crippen molar-refractivity contribution >= 4 is 5.91 Å². The minimum absolute atomic E-state index is 0.0579. The fourth-order valence-electron chi connectivity index (χ4n) is 4.22. The van der Waals surface area contributed by atoms with Gasteiger partial charge in [0.15, 0.2) is 0 Å². The van der Waals surface area contributed by atoms with Gasteiger partial charge in [-0.1, -0.05) is 6.58 Å². The van der Waals surface area contributed by atoms with Crippen LogP contribution in [0.2, 0.25) is 0 Å². The van der Waals surface area contributed by atoms with Crippen LogP contribution >= 0.6 is 0 Å². The van der Waals surface area contributed by atoms with E-state index in [2.05, 4.69) is 21.7 Å². The predicted molar refractivity (Wildman–Crippen MR) is 96.9 cm³/mol. The van der Waals surface area contributed by atoms with E-state index < -0.39 is 0 Å².